The van der Waals surface area contributed by atoms with E-state index in [1.807, 2.05) is 11.8 Å². The predicted molar refractivity (Wildman–Crippen MR) is 137 cm³/mol. The van der Waals surface area contributed by atoms with Crippen LogP contribution >= 0.6 is 24.0 Å². The maximum absolute atomic E-state index is 12.6. The number of guanidine groups is 1. The highest BCUT2D eigenvalue weighted by molar-refractivity contribution is 14.0. The number of aliphatic imine (C=N–C) groups is 1. The van der Waals surface area contributed by atoms with Crippen LogP contribution in [0, 0.1) is 11.8 Å². The molecule has 1 aromatic rings. The molecular weight excluding hydrogens is 503 g/mol. The molecule has 31 heavy (non-hydrogen) atoms. The molecule has 1 heterocycles. The van der Waals surface area contributed by atoms with Crippen molar-refractivity contribution in [1.29, 1.82) is 0 Å². The van der Waals surface area contributed by atoms with Gasteiger partial charge in [0.15, 0.2) is 5.96 Å². The van der Waals surface area contributed by atoms with Crippen LogP contribution in [-0.2, 0) is 16.0 Å². The van der Waals surface area contributed by atoms with Gasteiger partial charge in [-0.25, -0.2) is 4.99 Å². The Morgan fingerprint density at radius 1 is 1.10 bits per heavy atom. The fourth-order valence-corrected chi connectivity index (χ4v) is 3.84. The van der Waals surface area contributed by atoms with Crippen LogP contribution in [0.1, 0.15) is 44.6 Å². The smallest absolute Gasteiger partial charge is 0.244 e. The van der Waals surface area contributed by atoms with E-state index in [9.17, 15) is 4.79 Å². The number of piperidine rings is 1. The summed E-state index contributed by atoms with van der Waals surface area (Å²) in [6.45, 7) is 7.19. The number of hydrogen-bond acceptors (Lipinski definition) is 3. The third kappa shape index (κ3) is 10.2. The van der Waals surface area contributed by atoms with E-state index < -0.39 is 0 Å². The molecule has 1 saturated carbocycles. The van der Waals surface area contributed by atoms with Gasteiger partial charge < -0.3 is 20.3 Å². The van der Waals surface area contributed by atoms with Gasteiger partial charge in [0.1, 0.15) is 6.54 Å². The fourth-order valence-electron chi connectivity index (χ4n) is 3.84. The number of rotatable bonds is 11. The van der Waals surface area contributed by atoms with Gasteiger partial charge in [0, 0.05) is 39.4 Å². The number of hydrogen-bond donors (Lipinski definition) is 2. The molecule has 1 aliphatic carbocycles. The van der Waals surface area contributed by atoms with Crippen LogP contribution < -0.4 is 10.6 Å². The van der Waals surface area contributed by atoms with Crippen molar-refractivity contribution in [3.05, 3.63) is 35.9 Å². The van der Waals surface area contributed by atoms with E-state index in [1.54, 1.807) is 0 Å². The molecule has 6 nitrogen and oxygen atoms in total. The Labute approximate surface area is 204 Å². The number of halogens is 1. The predicted octanol–water partition coefficient (Wildman–Crippen LogP) is 3.46. The first-order valence-corrected chi connectivity index (χ1v) is 11.7. The maximum Gasteiger partial charge on any atom is 0.244 e. The van der Waals surface area contributed by atoms with E-state index in [1.165, 1.54) is 18.4 Å². The zero-order valence-corrected chi connectivity index (χ0v) is 21.2. The molecule has 0 aromatic heterocycles. The van der Waals surface area contributed by atoms with Crippen LogP contribution in [0.3, 0.4) is 0 Å². The molecule has 2 fully saturated rings. The molecule has 1 amide bonds. The zero-order chi connectivity index (χ0) is 21.0. The molecule has 0 radical (unpaired) electrons. The number of carbonyl (C=O) groups excluding carboxylic acids is 1. The van der Waals surface area contributed by atoms with Crippen LogP contribution in [0.25, 0.3) is 0 Å². The standard InChI is InChI=1S/C24H38N4O2.HI/c1-2-25-24(26-13-6-16-30-19-22-9-10-22)27-18-23(29)28-14-11-21(12-15-28)17-20-7-4-3-5-8-20;/h3-5,7-8,21-22H,2,6,9-19H2,1H3,(H2,25,26,27);1H. The molecule has 1 aliphatic heterocycles. The number of likely N-dealkylation sites (tertiary alicyclic amines) is 1. The minimum absolute atomic E-state index is 0. The largest absolute Gasteiger partial charge is 0.381 e. The normalized spacial score (nSPS) is 17.2. The number of nitrogens with one attached hydrogen (secondary N) is 2. The highest BCUT2D eigenvalue weighted by Gasteiger charge is 2.23. The number of carbonyl (C=O) groups is 1. The van der Waals surface area contributed by atoms with Gasteiger partial charge in [-0.15, -0.1) is 24.0 Å². The van der Waals surface area contributed by atoms with Crippen molar-refractivity contribution < 1.29 is 9.53 Å². The summed E-state index contributed by atoms with van der Waals surface area (Å²) in [6, 6.07) is 10.7. The maximum atomic E-state index is 12.6. The van der Waals surface area contributed by atoms with Crippen LogP contribution in [0.2, 0.25) is 0 Å². The number of benzene rings is 1. The van der Waals surface area contributed by atoms with Crippen LogP contribution in [0.4, 0.5) is 0 Å². The van der Waals surface area contributed by atoms with Crippen molar-refractivity contribution in [3.63, 3.8) is 0 Å². The van der Waals surface area contributed by atoms with Crippen molar-refractivity contribution in [2.45, 2.75) is 45.4 Å². The van der Waals surface area contributed by atoms with Gasteiger partial charge in [0.25, 0.3) is 0 Å². The van der Waals surface area contributed by atoms with Crippen LogP contribution in [0.15, 0.2) is 35.3 Å². The Kier molecular flexibility index (Phi) is 12.3. The van der Waals surface area contributed by atoms with E-state index in [4.69, 9.17) is 4.74 Å². The number of ether oxygens (including phenoxy) is 1. The highest BCUT2D eigenvalue weighted by atomic mass is 127. The van der Waals surface area contributed by atoms with Gasteiger partial charge in [-0.05, 0) is 62.8 Å². The van der Waals surface area contributed by atoms with E-state index in [2.05, 4.69) is 46.0 Å². The van der Waals surface area contributed by atoms with Gasteiger partial charge in [-0.1, -0.05) is 30.3 Å². The van der Waals surface area contributed by atoms with Crippen LogP contribution in [0.5, 0.6) is 0 Å². The molecule has 174 valence electrons. The highest BCUT2D eigenvalue weighted by Crippen LogP contribution is 2.28. The molecule has 0 spiro atoms. The van der Waals surface area contributed by atoms with Gasteiger partial charge >= 0.3 is 0 Å². The van der Waals surface area contributed by atoms with Crippen molar-refractivity contribution in [1.82, 2.24) is 15.5 Å². The molecule has 2 N–H and O–H groups in total. The Bertz CT molecular complexity index is 659. The van der Waals surface area contributed by atoms with E-state index >= 15 is 0 Å². The lowest BCUT2D eigenvalue weighted by atomic mass is 9.90. The topological polar surface area (TPSA) is 66.0 Å². The van der Waals surface area contributed by atoms with E-state index in [0.717, 1.165) is 71.0 Å². The molecule has 2 aliphatic rings. The molecule has 0 bridgehead atoms. The first-order valence-electron chi connectivity index (χ1n) is 11.7. The Morgan fingerprint density at radius 3 is 2.52 bits per heavy atom. The lowest BCUT2D eigenvalue weighted by Gasteiger charge is -2.32. The van der Waals surface area contributed by atoms with Crippen molar-refractivity contribution in [2.75, 3.05) is 45.9 Å². The lowest BCUT2D eigenvalue weighted by molar-refractivity contribution is -0.130. The average molecular weight is 543 g/mol. The average Bonchev–Trinajstić information content (AvgIpc) is 3.60. The molecule has 3 rings (SSSR count). The van der Waals surface area contributed by atoms with Gasteiger partial charge in [0.05, 0.1) is 0 Å². The van der Waals surface area contributed by atoms with E-state index in [0.29, 0.717) is 11.9 Å². The van der Waals surface area contributed by atoms with Gasteiger partial charge in [-0.2, -0.15) is 0 Å². The summed E-state index contributed by atoms with van der Waals surface area (Å²) in [7, 11) is 0. The Morgan fingerprint density at radius 2 is 1.84 bits per heavy atom. The molecule has 7 heteroatoms. The minimum Gasteiger partial charge on any atom is -0.381 e. The van der Waals surface area contributed by atoms with E-state index in [-0.39, 0.29) is 36.4 Å². The summed E-state index contributed by atoms with van der Waals surface area (Å²) in [5.74, 6) is 2.32. The SMILES string of the molecule is CCNC(=NCC(=O)N1CCC(Cc2ccccc2)CC1)NCCCOCC1CC1.I. The fraction of sp³-hybridized carbons (Fsp3) is 0.667. The van der Waals surface area contributed by atoms with Crippen molar-refractivity contribution in [3.8, 4) is 0 Å². The summed E-state index contributed by atoms with van der Waals surface area (Å²) >= 11 is 0. The number of amides is 1. The number of nitrogens with zero attached hydrogens (tertiary/aromatic N) is 2. The molecule has 1 saturated heterocycles. The second-order valence-corrected chi connectivity index (χ2v) is 8.51. The second-order valence-electron chi connectivity index (χ2n) is 8.51. The minimum atomic E-state index is 0. The van der Waals surface area contributed by atoms with Crippen molar-refractivity contribution in [2.24, 2.45) is 16.8 Å². The second kappa shape index (κ2) is 14.7. The molecule has 1 aromatic carbocycles. The van der Waals surface area contributed by atoms with Gasteiger partial charge in [0.2, 0.25) is 5.91 Å². The van der Waals surface area contributed by atoms with Crippen molar-refractivity contribution >= 4 is 35.8 Å². The molecule has 0 atom stereocenters. The summed E-state index contributed by atoms with van der Waals surface area (Å²) < 4.78 is 5.66. The third-order valence-electron chi connectivity index (χ3n) is 5.86. The monoisotopic (exact) mass is 542 g/mol. The molecule has 0 unspecified atom stereocenters. The Balaban J connectivity index is 0.00000341. The summed E-state index contributed by atoms with van der Waals surface area (Å²) in [6.07, 6.45) is 6.86. The first kappa shape index (κ1) is 25.9. The quantitative estimate of drug-likeness (QED) is 0.195. The summed E-state index contributed by atoms with van der Waals surface area (Å²) in [5.41, 5.74) is 1.39. The first-order chi connectivity index (χ1) is 14.7. The Hall–Kier alpha value is -1.35. The lowest BCUT2D eigenvalue weighted by Crippen LogP contribution is -2.42. The summed E-state index contributed by atoms with van der Waals surface area (Å²) in [5, 5.41) is 6.53. The third-order valence-corrected chi connectivity index (χ3v) is 5.86. The van der Waals surface area contributed by atoms with Gasteiger partial charge in [-0.3, -0.25) is 4.79 Å². The van der Waals surface area contributed by atoms with Crippen LogP contribution in [-0.4, -0.2) is 62.7 Å². The zero-order valence-electron chi connectivity index (χ0n) is 18.9. The molecular formula is C24H39IN4O2. The summed E-state index contributed by atoms with van der Waals surface area (Å²) in [4.78, 5) is 19.1.